The van der Waals surface area contributed by atoms with E-state index >= 15 is 0 Å². The molecule has 0 unspecified atom stereocenters. The fourth-order valence-electron chi connectivity index (χ4n) is 2.41. The van der Waals surface area contributed by atoms with Crippen LogP contribution in [0, 0.1) is 5.82 Å². The van der Waals surface area contributed by atoms with Crippen LogP contribution in [-0.4, -0.2) is 27.8 Å². The Morgan fingerprint density at radius 1 is 1.15 bits per heavy atom. The van der Waals surface area contributed by atoms with Gasteiger partial charge in [0, 0.05) is 11.3 Å². The zero-order chi connectivity index (χ0) is 19.4. The topological polar surface area (TPSA) is 86.1 Å². The summed E-state index contributed by atoms with van der Waals surface area (Å²) < 4.78 is 19.0. The molecule has 0 saturated heterocycles. The molecule has 138 valence electrons. The number of carbonyl (C=O) groups is 1. The summed E-state index contributed by atoms with van der Waals surface area (Å²) in [5.74, 6) is -0.182. The summed E-state index contributed by atoms with van der Waals surface area (Å²) in [6.45, 7) is 1.53. The van der Waals surface area contributed by atoms with E-state index in [-0.39, 0.29) is 0 Å². The number of aromatic nitrogens is 3. The van der Waals surface area contributed by atoms with Crippen LogP contribution in [0.3, 0.4) is 0 Å². The number of carbonyl (C=O) groups excluding carboxylic acids is 1. The molecule has 8 heteroatoms. The predicted octanol–water partition coefficient (Wildman–Crippen LogP) is 2.65. The van der Waals surface area contributed by atoms with E-state index in [0.29, 0.717) is 22.7 Å². The second kappa shape index (κ2) is 7.77. The number of ether oxygens (including phenoxy) is 1. The number of nitrogens with zero attached hydrogens (tertiary/aromatic N) is 3. The van der Waals surface area contributed by atoms with Crippen molar-refractivity contribution in [2.75, 3.05) is 12.4 Å². The molecule has 0 aliphatic rings. The molecule has 0 saturated carbocycles. The lowest BCUT2D eigenvalue weighted by Crippen LogP contribution is -2.34. The Morgan fingerprint density at radius 3 is 2.41 bits per heavy atom. The standard InChI is InChI=1S/C19H17FN4O3/c1-12(18(25)22-15-7-5-14(20)6-8-15)24-19(26)23-17(11-21-24)13-3-9-16(27-2)10-4-13/h3-12H,1-2H3,(H,22,25)/t12-/m1/s1. The molecule has 27 heavy (non-hydrogen) atoms. The summed E-state index contributed by atoms with van der Waals surface area (Å²) in [5, 5.41) is 6.67. The Bertz CT molecular complexity index is 1000. The van der Waals surface area contributed by atoms with Gasteiger partial charge in [0.2, 0.25) is 5.91 Å². The van der Waals surface area contributed by atoms with Crippen molar-refractivity contribution in [3.05, 3.63) is 71.0 Å². The average Bonchev–Trinajstić information content (AvgIpc) is 2.69. The Hall–Kier alpha value is -3.55. The first kappa shape index (κ1) is 18.2. The molecule has 7 nitrogen and oxygen atoms in total. The number of rotatable bonds is 5. The molecule has 3 rings (SSSR count). The first-order valence-electron chi connectivity index (χ1n) is 8.14. The van der Waals surface area contributed by atoms with Gasteiger partial charge in [-0.1, -0.05) is 0 Å². The molecule has 3 aromatic rings. The number of methoxy groups -OCH3 is 1. The normalized spacial score (nSPS) is 11.7. The van der Waals surface area contributed by atoms with Crippen LogP contribution in [-0.2, 0) is 4.79 Å². The first-order valence-corrected chi connectivity index (χ1v) is 8.14. The average molecular weight is 368 g/mol. The van der Waals surface area contributed by atoms with Crippen molar-refractivity contribution in [2.45, 2.75) is 13.0 Å². The van der Waals surface area contributed by atoms with Crippen molar-refractivity contribution in [1.29, 1.82) is 0 Å². The monoisotopic (exact) mass is 368 g/mol. The van der Waals surface area contributed by atoms with Gasteiger partial charge in [-0.05, 0) is 55.5 Å². The van der Waals surface area contributed by atoms with Gasteiger partial charge in [0.05, 0.1) is 19.0 Å². The summed E-state index contributed by atoms with van der Waals surface area (Å²) in [4.78, 5) is 28.6. The molecule has 1 heterocycles. The molecule has 1 aromatic heterocycles. The van der Waals surface area contributed by atoms with Crippen LogP contribution < -0.4 is 15.7 Å². The molecule has 0 bridgehead atoms. The third kappa shape index (κ3) is 4.17. The van der Waals surface area contributed by atoms with E-state index < -0.39 is 23.5 Å². The zero-order valence-electron chi connectivity index (χ0n) is 14.7. The van der Waals surface area contributed by atoms with Crippen LogP contribution in [0.25, 0.3) is 11.3 Å². The minimum absolute atomic E-state index is 0.394. The summed E-state index contributed by atoms with van der Waals surface area (Å²) >= 11 is 0. The quantitative estimate of drug-likeness (QED) is 0.748. The number of amides is 1. The van der Waals surface area contributed by atoms with Crippen LogP contribution in [0.5, 0.6) is 5.75 Å². The smallest absolute Gasteiger partial charge is 0.365 e. The molecule has 1 atom stereocenters. The van der Waals surface area contributed by atoms with Crippen LogP contribution in [0.4, 0.5) is 10.1 Å². The Balaban J connectivity index is 1.78. The highest BCUT2D eigenvalue weighted by molar-refractivity contribution is 5.93. The van der Waals surface area contributed by atoms with Crippen LogP contribution in [0.1, 0.15) is 13.0 Å². The second-order valence-corrected chi connectivity index (χ2v) is 5.77. The van der Waals surface area contributed by atoms with E-state index in [1.165, 1.54) is 37.4 Å². The van der Waals surface area contributed by atoms with E-state index in [1.54, 1.807) is 31.4 Å². The molecule has 0 spiro atoms. The SMILES string of the molecule is COc1ccc(-c2cnn([C@H](C)C(=O)Nc3ccc(F)cc3)c(=O)n2)cc1. The Morgan fingerprint density at radius 2 is 1.81 bits per heavy atom. The van der Waals surface area contributed by atoms with Crippen LogP contribution in [0.2, 0.25) is 0 Å². The van der Waals surface area contributed by atoms with Gasteiger partial charge in [-0.25, -0.2) is 13.9 Å². The maximum absolute atomic E-state index is 12.9. The summed E-state index contributed by atoms with van der Waals surface area (Å²) in [7, 11) is 1.56. The summed E-state index contributed by atoms with van der Waals surface area (Å²) in [6, 6.07) is 11.5. The van der Waals surface area contributed by atoms with Gasteiger partial charge < -0.3 is 10.1 Å². The van der Waals surface area contributed by atoms with Gasteiger partial charge in [0.15, 0.2) is 0 Å². The van der Waals surface area contributed by atoms with E-state index in [2.05, 4.69) is 15.4 Å². The second-order valence-electron chi connectivity index (χ2n) is 5.77. The van der Waals surface area contributed by atoms with Crippen molar-refractivity contribution in [2.24, 2.45) is 0 Å². The minimum Gasteiger partial charge on any atom is -0.497 e. The third-order valence-corrected chi connectivity index (χ3v) is 3.96. The highest BCUT2D eigenvalue weighted by Gasteiger charge is 2.18. The van der Waals surface area contributed by atoms with Crippen molar-refractivity contribution < 1.29 is 13.9 Å². The Labute approximate surface area is 154 Å². The fourth-order valence-corrected chi connectivity index (χ4v) is 2.41. The number of hydrogen-bond donors (Lipinski definition) is 1. The van der Waals surface area contributed by atoms with Crippen LogP contribution in [0.15, 0.2) is 59.5 Å². The highest BCUT2D eigenvalue weighted by atomic mass is 19.1. The number of benzene rings is 2. The summed E-state index contributed by atoms with van der Waals surface area (Å²) in [6.07, 6.45) is 1.42. The first-order chi connectivity index (χ1) is 13.0. The van der Waals surface area contributed by atoms with Crippen molar-refractivity contribution in [3.63, 3.8) is 0 Å². The van der Waals surface area contributed by atoms with E-state index in [4.69, 9.17) is 4.74 Å². The maximum Gasteiger partial charge on any atom is 0.365 e. The number of nitrogens with one attached hydrogen (secondary N) is 1. The van der Waals surface area contributed by atoms with E-state index in [0.717, 1.165) is 4.68 Å². The van der Waals surface area contributed by atoms with Gasteiger partial charge >= 0.3 is 5.69 Å². The molecule has 1 N–H and O–H groups in total. The fraction of sp³-hybridized carbons (Fsp3) is 0.158. The maximum atomic E-state index is 12.9. The molecular weight excluding hydrogens is 351 g/mol. The number of halogens is 1. The molecule has 0 aliphatic heterocycles. The lowest BCUT2D eigenvalue weighted by Gasteiger charge is -2.14. The largest absolute Gasteiger partial charge is 0.497 e. The van der Waals surface area contributed by atoms with Crippen molar-refractivity contribution in [3.8, 4) is 17.0 Å². The number of anilines is 1. The predicted molar refractivity (Wildman–Crippen MR) is 98.0 cm³/mol. The molecule has 0 aliphatic carbocycles. The molecular formula is C19H17FN4O3. The zero-order valence-corrected chi connectivity index (χ0v) is 14.7. The van der Waals surface area contributed by atoms with Crippen molar-refractivity contribution >= 4 is 11.6 Å². The van der Waals surface area contributed by atoms with Gasteiger partial charge in [-0.2, -0.15) is 10.1 Å². The molecule has 1 amide bonds. The van der Waals surface area contributed by atoms with E-state index in [1.807, 2.05) is 0 Å². The molecule has 0 radical (unpaired) electrons. The Kier molecular flexibility index (Phi) is 5.25. The van der Waals surface area contributed by atoms with Crippen LogP contribution >= 0.6 is 0 Å². The van der Waals surface area contributed by atoms with Gasteiger partial charge in [-0.3, -0.25) is 4.79 Å². The lowest BCUT2D eigenvalue weighted by atomic mass is 10.1. The number of hydrogen-bond acceptors (Lipinski definition) is 5. The highest BCUT2D eigenvalue weighted by Crippen LogP contribution is 2.19. The summed E-state index contributed by atoms with van der Waals surface area (Å²) in [5.41, 5.74) is 0.871. The molecule has 0 fully saturated rings. The van der Waals surface area contributed by atoms with E-state index in [9.17, 15) is 14.0 Å². The van der Waals surface area contributed by atoms with Gasteiger partial charge in [-0.15, -0.1) is 0 Å². The molecule has 2 aromatic carbocycles. The third-order valence-electron chi connectivity index (χ3n) is 3.96. The van der Waals surface area contributed by atoms with Gasteiger partial charge in [0.25, 0.3) is 0 Å². The lowest BCUT2D eigenvalue weighted by molar-refractivity contribution is -0.119. The van der Waals surface area contributed by atoms with Gasteiger partial charge in [0.1, 0.15) is 17.6 Å². The minimum atomic E-state index is -0.889. The van der Waals surface area contributed by atoms with Crippen molar-refractivity contribution in [1.82, 2.24) is 14.8 Å².